The fraction of sp³-hybridized carbons (Fsp3) is 0.409. The summed E-state index contributed by atoms with van der Waals surface area (Å²) in [5.74, 6) is 1.82. The lowest BCUT2D eigenvalue weighted by Crippen LogP contribution is -2.39. The molecule has 27 heavy (non-hydrogen) atoms. The molecule has 2 N–H and O–H groups in total. The van der Waals surface area contributed by atoms with Crippen LogP contribution in [-0.4, -0.2) is 30.8 Å². The number of phenolic OH excluding ortho intramolecular Hbond substituents is 1. The summed E-state index contributed by atoms with van der Waals surface area (Å²) in [4.78, 5) is 12.4. The zero-order valence-electron chi connectivity index (χ0n) is 15.4. The predicted molar refractivity (Wildman–Crippen MR) is 102 cm³/mol. The molecule has 1 saturated carbocycles. The van der Waals surface area contributed by atoms with E-state index in [-0.39, 0.29) is 17.1 Å². The minimum absolute atomic E-state index is 0.00417. The summed E-state index contributed by atoms with van der Waals surface area (Å²) >= 11 is 0. The maximum atomic E-state index is 12.4. The van der Waals surface area contributed by atoms with Gasteiger partial charge >= 0.3 is 0 Å². The first kappa shape index (κ1) is 17.7. The molecule has 0 radical (unpaired) electrons. The number of benzene rings is 2. The Labute approximate surface area is 159 Å². The summed E-state index contributed by atoms with van der Waals surface area (Å²) in [6, 6.07) is 13.0. The maximum Gasteiger partial charge on any atom is 0.224 e. The average Bonchev–Trinajstić information content (AvgIpc) is 3.18. The first-order chi connectivity index (χ1) is 13.1. The Kier molecular flexibility index (Phi) is 4.92. The molecule has 0 atom stereocenters. The summed E-state index contributed by atoms with van der Waals surface area (Å²) in [6.07, 6.45) is 4.78. The second kappa shape index (κ2) is 7.51. The molecule has 1 aliphatic carbocycles. The monoisotopic (exact) mass is 367 g/mol. The van der Waals surface area contributed by atoms with Crippen molar-refractivity contribution in [2.75, 3.05) is 19.8 Å². The molecule has 1 heterocycles. The van der Waals surface area contributed by atoms with Crippen LogP contribution in [0, 0.1) is 0 Å². The van der Waals surface area contributed by atoms with Crippen LogP contribution in [0.1, 0.15) is 36.8 Å². The van der Waals surface area contributed by atoms with Crippen molar-refractivity contribution in [3.63, 3.8) is 0 Å². The lowest BCUT2D eigenvalue weighted by Gasteiger charge is -2.31. The van der Waals surface area contributed by atoms with Crippen LogP contribution in [0.5, 0.6) is 17.2 Å². The number of hydrogen-bond acceptors (Lipinski definition) is 4. The summed E-state index contributed by atoms with van der Waals surface area (Å²) in [6.45, 7) is 1.79. The van der Waals surface area contributed by atoms with Crippen molar-refractivity contribution in [1.82, 2.24) is 5.32 Å². The molecule has 5 nitrogen and oxygen atoms in total. The second-order valence-corrected chi connectivity index (χ2v) is 7.47. The van der Waals surface area contributed by atoms with E-state index in [1.165, 1.54) is 18.4 Å². The quantitative estimate of drug-likeness (QED) is 0.851. The molecule has 0 unspecified atom stereocenters. The zero-order chi connectivity index (χ0) is 18.7. The van der Waals surface area contributed by atoms with Gasteiger partial charge in [0.05, 0.1) is 6.42 Å². The number of ether oxygens (including phenoxy) is 2. The second-order valence-electron chi connectivity index (χ2n) is 7.47. The number of fused-ring (bicyclic) bond motifs is 1. The number of phenols is 1. The molecule has 1 amide bonds. The average molecular weight is 367 g/mol. The summed E-state index contributed by atoms with van der Waals surface area (Å²) < 4.78 is 11.4. The maximum absolute atomic E-state index is 12.4. The van der Waals surface area contributed by atoms with Gasteiger partial charge in [-0.2, -0.15) is 0 Å². The molecule has 5 heteroatoms. The SMILES string of the molecule is O=C(Cc1ccc(O)cc1)NCC1(c2ccc3c(c2)OCCO3)CCCC1. The smallest absolute Gasteiger partial charge is 0.224 e. The molecule has 1 fully saturated rings. The number of carbonyl (C=O) groups is 1. The van der Waals surface area contributed by atoms with Crippen molar-refractivity contribution < 1.29 is 19.4 Å². The van der Waals surface area contributed by atoms with Gasteiger partial charge in [-0.25, -0.2) is 0 Å². The lowest BCUT2D eigenvalue weighted by molar-refractivity contribution is -0.120. The predicted octanol–water partition coefficient (Wildman–Crippen LogP) is 3.33. The normalized spacial score (nSPS) is 17.5. The van der Waals surface area contributed by atoms with Gasteiger partial charge in [-0.3, -0.25) is 4.79 Å². The Balaban J connectivity index is 1.46. The highest BCUT2D eigenvalue weighted by Gasteiger charge is 2.36. The lowest BCUT2D eigenvalue weighted by atomic mass is 9.78. The van der Waals surface area contributed by atoms with Gasteiger partial charge in [0.2, 0.25) is 5.91 Å². The minimum Gasteiger partial charge on any atom is -0.508 e. The third-order valence-corrected chi connectivity index (χ3v) is 5.64. The van der Waals surface area contributed by atoms with Crippen LogP contribution in [0.2, 0.25) is 0 Å². The van der Waals surface area contributed by atoms with Gasteiger partial charge in [0.15, 0.2) is 11.5 Å². The highest BCUT2D eigenvalue weighted by molar-refractivity contribution is 5.78. The molecule has 0 bridgehead atoms. The number of carbonyl (C=O) groups excluding carboxylic acids is 1. The topological polar surface area (TPSA) is 67.8 Å². The van der Waals surface area contributed by atoms with E-state index < -0.39 is 0 Å². The van der Waals surface area contributed by atoms with Crippen LogP contribution in [0.15, 0.2) is 42.5 Å². The van der Waals surface area contributed by atoms with E-state index in [4.69, 9.17) is 9.47 Å². The standard InChI is InChI=1S/C22H25NO4/c24-18-6-3-16(4-7-18)13-21(25)23-15-22(9-1-2-10-22)17-5-8-19-20(14-17)27-12-11-26-19/h3-8,14,24H,1-2,9-13,15H2,(H,23,25). The third kappa shape index (κ3) is 3.87. The van der Waals surface area contributed by atoms with Crippen molar-refractivity contribution in [3.8, 4) is 17.2 Å². The molecule has 0 spiro atoms. The number of nitrogens with one attached hydrogen (secondary N) is 1. The van der Waals surface area contributed by atoms with Crippen LogP contribution in [0.3, 0.4) is 0 Å². The van der Waals surface area contributed by atoms with Crippen LogP contribution >= 0.6 is 0 Å². The van der Waals surface area contributed by atoms with Gasteiger partial charge in [0, 0.05) is 12.0 Å². The molecule has 0 saturated heterocycles. The van der Waals surface area contributed by atoms with E-state index in [1.54, 1.807) is 24.3 Å². The van der Waals surface area contributed by atoms with Crippen LogP contribution < -0.4 is 14.8 Å². The minimum atomic E-state index is -0.0412. The Morgan fingerprint density at radius 3 is 2.44 bits per heavy atom. The van der Waals surface area contributed by atoms with Gasteiger partial charge < -0.3 is 19.9 Å². The van der Waals surface area contributed by atoms with Crippen molar-refractivity contribution in [2.24, 2.45) is 0 Å². The molecule has 1 aliphatic heterocycles. The van der Waals surface area contributed by atoms with E-state index in [0.717, 1.165) is 29.9 Å². The van der Waals surface area contributed by atoms with Crippen molar-refractivity contribution in [1.29, 1.82) is 0 Å². The summed E-state index contributed by atoms with van der Waals surface area (Å²) in [7, 11) is 0. The molecule has 4 rings (SSSR count). The Bertz CT molecular complexity index is 810. The van der Waals surface area contributed by atoms with E-state index >= 15 is 0 Å². The Morgan fingerprint density at radius 2 is 1.70 bits per heavy atom. The van der Waals surface area contributed by atoms with Gasteiger partial charge in [0.25, 0.3) is 0 Å². The molecular weight excluding hydrogens is 342 g/mol. The highest BCUT2D eigenvalue weighted by Crippen LogP contribution is 2.43. The van der Waals surface area contributed by atoms with Crippen LogP contribution in [0.25, 0.3) is 0 Å². The number of aromatic hydroxyl groups is 1. The Hall–Kier alpha value is -2.69. The van der Waals surface area contributed by atoms with Gasteiger partial charge in [-0.05, 0) is 48.2 Å². The van der Waals surface area contributed by atoms with E-state index in [0.29, 0.717) is 26.2 Å². The first-order valence-electron chi connectivity index (χ1n) is 9.59. The van der Waals surface area contributed by atoms with E-state index in [1.807, 2.05) is 6.07 Å². The highest BCUT2D eigenvalue weighted by atomic mass is 16.6. The fourth-order valence-corrected chi connectivity index (χ4v) is 4.12. The van der Waals surface area contributed by atoms with Crippen LogP contribution in [-0.2, 0) is 16.6 Å². The van der Waals surface area contributed by atoms with Gasteiger partial charge in [-0.1, -0.05) is 31.0 Å². The van der Waals surface area contributed by atoms with Crippen LogP contribution in [0.4, 0.5) is 0 Å². The number of rotatable bonds is 5. The number of amides is 1. The van der Waals surface area contributed by atoms with E-state index in [2.05, 4.69) is 17.4 Å². The third-order valence-electron chi connectivity index (χ3n) is 5.64. The molecular formula is C22H25NO4. The van der Waals surface area contributed by atoms with Crippen molar-refractivity contribution in [3.05, 3.63) is 53.6 Å². The Morgan fingerprint density at radius 1 is 1.00 bits per heavy atom. The zero-order valence-corrected chi connectivity index (χ0v) is 15.4. The summed E-state index contributed by atoms with van der Waals surface area (Å²) in [5, 5.41) is 12.5. The largest absolute Gasteiger partial charge is 0.508 e. The molecule has 2 aliphatic rings. The van der Waals surface area contributed by atoms with Crippen molar-refractivity contribution in [2.45, 2.75) is 37.5 Å². The number of hydrogen-bond donors (Lipinski definition) is 2. The van der Waals surface area contributed by atoms with Gasteiger partial charge in [-0.15, -0.1) is 0 Å². The molecule has 142 valence electrons. The first-order valence-corrected chi connectivity index (χ1v) is 9.59. The summed E-state index contributed by atoms with van der Waals surface area (Å²) in [5.41, 5.74) is 2.07. The molecule has 0 aromatic heterocycles. The molecule has 2 aromatic rings. The fourth-order valence-electron chi connectivity index (χ4n) is 4.12. The van der Waals surface area contributed by atoms with Gasteiger partial charge in [0.1, 0.15) is 19.0 Å². The van der Waals surface area contributed by atoms with Crippen molar-refractivity contribution >= 4 is 5.91 Å². The van der Waals surface area contributed by atoms with E-state index in [9.17, 15) is 9.90 Å². The molecule has 2 aromatic carbocycles.